The van der Waals surface area contributed by atoms with Crippen molar-refractivity contribution in [3.8, 4) is 0 Å². The second-order valence-electron chi connectivity index (χ2n) is 4.78. The van der Waals surface area contributed by atoms with E-state index in [-0.39, 0.29) is 11.7 Å². The topological polar surface area (TPSA) is 62.2 Å². The van der Waals surface area contributed by atoms with Gasteiger partial charge in [0.25, 0.3) is 0 Å². The smallest absolute Gasteiger partial charge is 0.228 e. The third-order valence-electron chi connectivity index (χ3n) is 3.17. The second kappa shape index (κ2) is 5.93. The minimum Gasteiger partial charge on any atom is -0.508 e. The van der Waals surface area contributed by atoms with Gasteiger partial charge in [-0.3, -0.25) is 4.79 Å². The van der Waals surface area contributed by atoms with Crippen LogP contribution in [0.1, 0.15) is 12.8 Å². The Morgan fingerprint density at radius 1 is 1.43 bits per heavy atom. The lowest BCUT2D eigenvalue weighted by Crippen LogP contribution is -2.12. The maximum atomic E-state index is 12.1. The Kier molecular flexibility index (Phi) is 3.83. The molecule has 1 aliphatic carbocycles. The molecule has 0 unspecified atom stereocenters. The predicted molar refractivity (Wildman–Crippen MR) is 85.4 cm³/mol. The van der Waals surface area contributed by atoms with Crippen LogP contribution in [-0.4, -0.2) is 16.0 Å². The lowest BCUT2D eigenvalue weighted by atomic mass is 10.1. The van der Waals surface area contributed by atoms with Gasteiger partial charge in [0.05, 0.1) is 15.7 Å². The van der Waals surface area contributed by atoms with E-state index in [4.69, 9.17) is 0 Å². The van der Waals surface area contributed by atoms with Crippen LogP contribution >= 0.6 is 11.3 Å². The molecule has 0 saturated heterocycles. The number of fused-ring (bicyclic) bond motifs is 1. The van der Waals surface area contributed by atoms with Crippen molar-refractivity contribution in [1.82, 2.24) is 4.98 Å². The maximum Gasteiger partial charge on any atom is 0.228 e. The largest absolute Gasteiger partial charge is 0.508 e. The van der Waals surface area contributed by atoms with Crippen molar-refractivity contribution in [3.05, 3.63) is 59.3 Å². The number of aromatic nitrogens is 1. The fraction of sp³-hybridized carbons (Fsp3) is 0.125. The highest BCUT2D eigenvalue weighted by molar-refractivity contribution is 7.16. The third-order valence-corrected chi connectivity index (χ3v) is 3.97. The summed E-state index contributed by atoms with van der Waals surface area (Å²) >= 11 is 1.55. The molecule has 106 valence electrons. The lowest BCUT2D eigenvalue weighted by molar-refractivity contribution is -0.115. The van der Waals surface area contributed by atoms with Crippen molar-refractivity contribution in [3.63, 3.8) is 0 Å². The number of carbonyl (C=O) groups is 1. The monoisotopic (exact) mass is 298 g/mol. The molecule has 0 fully saturated rings. The summed E-state index contributed by atoms with van der Waals surface area (Å²) in [6.45, 7) is 0. The van der Waals surface area contributed by atoms with Gasteiger partial charge in [-0.25, -0.2) is 4.98 Å². The molecule has 1 aromatic heterocycles. The van der Waals surface area contributed by atoms with E-state index >= 15 is 0 Å². The van der Waals surface area contributed by atoms with Crippen molar-refractivity contribution >= 4 is 33.1 Å². The molecule has 3 rings (SSSR count). The highest BCUT2D eigenvalue weighted by atomic mass is 32.1. The van der Waals surface area contributed by atoms with Crippen LogP contribution < -0.4 is 5.32 Å². The molecule has 1 aliphatic rings. The van der Waals surface area contributed by atoms with Crippen molar-refractivity contribution in [2.45, 2.75) is 12.8 Å². The summed E-state index contributed by atoms with van der Waals surface area (Å²) in [6.07, 6.45) is 7.83. The van der Waals surface area contributed by atoms with E-state index in [0.29, 0.717) is 12.8 Å². The van der Waals surface area contributed by atoms with Gasteiger partial charge in [-0.2, -0.15) is 0 Å². The Morgan fingerprint density at radius 2 is 2.33 bits per heavy atom. The predicted octanol–water partition coefficient (Wildman–Crippen LogP) is 3.95. The van der Waals surface area contributed by atoms with Crippen molar-refractivity contribution in [2.75, 3.05) is 5.32 Å². The first-order valence-corrected chi connectivity index (χ1v) is 7.47. The molecule has 21 heavy (non-hydrogen) atoms. The number of carbonyl (C=O) groups excluding carboxylic acids is 1. The van der Waals surface area contributed by atoms with Crippen LogP contribution in [0.2, 0.25) is 0 Å². The first-order valence-electron chi connectivity index (χ1n) is 6.59. The summed E-state index contributed by atoms with van der Waals surface area (Å²) < 4.78 is 1.05. The quantitative estimate of drug-likeness (QED) is 0.901. The Hall–Kier alpha value is -2.40. The van der Waals surface area contributed by atoms with Crippen LogP contribution in [0.25, 0.3) is 10.2 Å². The Bertz CT molecular complexity index is 769. The molecule has 2 aromatic rings. The van der Waals surface area contributed by atoms with Crippen LogP contribution in [0, 0.1) is 0 Å². The molecule has 1 heterocycles. The number of thiazole rings is 1. The summed E-state index contributed by atoms with van der Waals surface area (Å²) in [7, 11) is 0. The molecule has 5 heteroatoms. The van der Waals surface area contributed by atoms with Gasteiger partial charge in [0.1, 0.15) is 5.76 Å². The summed E-state index contributed by atoms with van der Waals surface area (Å²) in [5, 5.41) is 12.3. The van der Waals surface area contributed by atoms with Crippen LogP contribution in [0.4, 0.5) is 5.69 Å². The number of allylic oxidation sites excluding steroid dienone is 4. The van der Waals surface area contributed by atoms with Crippen LogP contribution in [-0.2, 0) is 4.79 Å². The van der Waals surface area contributed by atoms with Crippen LogP contribution in [0.5, 0.6) is 0 Å². The normalized spacial score (nSPS) is 14.5. The second-order valence-corrected chi connectivity index (χ2v) is 5.66. The molecule has 1 amide bonds. The molecule has 0 bridgehead atoms. The number of amides is 1. The SMILES string of the molecule is O=C(CC1=CC=CC(O)=CC1)Nc1ccc2ncsc2c1. The fourth-order valence-corrected chi connectivity index (χ4v) is 2.85. The first kappa shape index (κ1) is 13.6. The average molecular weight is 298 g/mol. The number of aliphatic hydroxyl groups is 1. The van der Waals surface area contributed by atoms with Crippen molar-refractivity contribution < 1.29 is 9.90 Å². The highest BCUT2D eigenvalue weighted by Crippen LogP contribution is 2.22. The summed E-state index contributed by atoms with van der Waals surface area (Å²) in [4.78, 5) is 16.3. The zero-order valence-electron chi connectivity index (χ0n) is 11.2. The molecule has 0 saturated carbocycles. The summed E-state index contributed by atoms with van der Waals surface area (Å²) in [5.74, 6) is 0.172. The van der Waals surface area contributed by atoms with E-state index in [2.05, 4.69) is 10.3 Å². The molecule has 0 atom stereocenters. The van der Waals surface area contributed by atoms with Gasteiger partial charge in [-0.05, 0) is 36.8 Å². The molecule has 0 radical (unpaired) electrons. The van der Waals surface area contributed by atoms with Crippen LogP contribution in [0.3, 0.4) is 0 Å². The number of hydrogen-bond donors (Lipinski definition) is 2. The zero-order valence-corrected chi connectivity index (χ0v) is 12.1. The third kappa shape index (κ3) is 3.38. The van der Waals surface area contributed by atoms with E-state index in [1.807, 2.05) is 24.3 Å². The molecule has 0 aliphatic heterocycles. The Labute approximate surface area is 126 Å². The number of nitrogens with zero attached hydrogens (tertiary/aromatic N) is 1. The van der Waals surface area contributed by atoms with Gasteiger partial charge in [-0.15, -0.1) is 11.3 Å². The number of benzene rings is 1. The van der Waals surface area contributed by atoms with E-state index in [0.717, 1.165) is 21.5 Å². The van der Waals surface area contributed by atoms with E-state index in [1.54, 1.807) is 35.1 Å². The number of hydrogen-bond acceptors (Lipinski definition) is 4. The van der Waals surface area contributed by atoms with E-state index < -0.39 is 0 Å². The lowest BCUT2D eigenvalue weighted by Gasteiger charge is -2.06. The molecule has 0 spiro atoms. The van der Waals surface area contributed by atoms with E-state index in [1.165, 1.54) is 0 Å². The molecular weight excluding hydrogens is 284 g/mol. The molecular formula is C16H14N2O2S. The molecule has 4 nitrogen and oxygen atoms in total. The first-order chi connectivity index (χ1) is 10.2. The summed E-state index contributed by atoms with van der Waals surface area (Å²) in [5.41, 5.74) is 4.47. The molecule has 2 N–H and O–H groups in total. The van der Waals surface area contributed by atoms with Gasteiger partial charge in [-0.1, -0.05) is 17.7 Å². The van der Waals surface area contributed by atoms with E-state index in [9.17, 15) is 9.90 Å². The summed E-state index contributed by atoms with van der Waals surface area (Å²) in [6, 6.07) is 5.68. The number of rotatable bonds is 3. The van der Waals surface area contributed by atoms with Crippen molar-refractivity contribution in [1.29, 1.82) is 0 Å². The Morgan fingerprint density at radius 3 is 3.24 bits per heavy atom. The van der Waals surface area contributed by atoms with Gasteiger partial charge in [0.15, 0.2) is 0 Å². The average Bonchev–Trinajstić information content (AvgIpc) is 2.82. The number of aliphatic hydroxyl groups excluding tert-OH is 1. The van der Waals surface area contributed by atoms with Gasteiger partial charge < -0.3 is 10.4 Å². The van der Waals surface area contributed by atoms with Crippen molar-refractivity contribution in [2.24, 2.45) is 0 Å². The van der Waals surface area contributed by atoms with Gasteiger partial charge >= 0.3 is 0 Å². The van der Waals surface area contributed by atoms with Gasteiger partial charge in [0, 0.05) is 12.1 Å². The minimum atomic E-state index is -0.0618. The minimum absolute atomic E-state index is 0.0618. The Balaban J connectivity index is 1.66. The number of nitrogens with one attached hydrogen (secondary N) is 1. The fourth-order valence-electron chi connectivity index (χ4n) is 2.13. The van der Waals surface area contributed by atoms with Gasteiger partial charge in [0.2, 0.25) is 5.91 Å². The maximum absolute atomic E-state index is 12.1. The molecule has 1 aromatic carbocycles. The van der Waals surface area contributed by atoms with Crippen LogP contribution in [0.15, 0.2) is 59.3 Å². The zero-order chi connectivity index (χ0) is 14.7. The highest BCUT2D eigenvalue weighted by Gasteiger charge is 2.08. The standard InChI is InChI=1S/C16H14N2O2S/c19-13-3-1-2-11(4-6-13)8-16(20)18-12-5-7-14-15(9-12)21-10-17-14/h1-3,5-7,9-10,19H,4,8H2,(H,18,20). The number of anilines is 1.